The second-order valence-electron chi connectivity index (χ2n) is 8.76. The van der Waals surface area contributed by atoms with Gasteiger partial charge in [-0.05, 0) is 66.5 Å². The molecular formula is C24H26FN3O3S. The molecule has 2 heterocycles. The summed E-state index contributed by atoms with van der Waals surface area (Å²) in [5, 5.41) is 15.7. The van der Waals surface area contributed by atoms with Crippen LogP contribution in [-0.4, -0.2) is 38.7 Å². The highest BCUT2D eigenvalue weighted by molar-refractivity contribution is 7.90. The predicted molar refractivity (Wildman–Crippen MR) is 119 cm³/mol. The topological polar surface area (TPSA) is 99.1 Å². The van der Waals surface area contributed by atoms with Crippen molar-refractivity contribution in [3.05, 3.63) is 53.8 Å². The number of nitrogens with one attached hydrogen (secondary N) is 2. The summed E-state index contributed by atoms with van der Waals surface area (Å²) in [7, 11) is -3.37. The summed E-state index contributed by atoms with van der Waals surface area (Å²) in [5.74, 6) is -0.407. The quantitative estimate of drug-likeness (QED) is 0.698. The van der Waals surface area contributed by atoms with Crippen LogP contribution in [0.2, 0.25) is 0 Å². The summed E-state index contributed by atoms with van der Waals surface area (Å²) in [5.41, 5.74) is 1.44. The number of carbonyl (C=O) groups excluding carboxylic acids is 1. The van der Waals surface area contributed by atoms with Crippen LogP contribution in [0.5, 0.6) is 0 Å². The summed E-state index contributed by atoms with van der Waals surface area (Å²) < 4.78 is 38.4. The molecule has 0 radical (unpaired) electrons. The lowest BCUT2D eigenvalue weighted by Crippen LogP contribution is -2.59. The van der Waals surface area contributed by atoms with Gasteiger partial charge in [-0.1, -0.05) is 24.3 Å². The lowest BCUT2D eigenvalue weighted by atomic mass is 9.76. The summed E-state index contributed by atoms with van der Waals surface area (Å²) in [4.78, 5) is 12.9. The Morgan fingerprint density at radius 2 is 1.91 bits per heavy atom. The van der Waals surface area contributed by atoms with Crippen LogP contribution in [0, 0.1) is 23.1 Å². The third-order valence-corrected chi connectivity index (χ3v) is 7.60. The van der Waals surface area contributed by atoms with Crippen LogP contribution in [0.3, 0.4) is 0 Å². The number of hydrogen-bond donors (Lipinski definition) is 2. The van der Waals surface area contributed by atoms with Crippen LogP contribution < -0.4 is 10.6 Å². The zero-order valence-electron chi connectivity index (χ0n) is 17.8. The molecule has 6 nitrogen and oxygen atoms in total. The number of rotatable bonds is 6. The second kappa shape index (κ2) is 9.00. The minimum Gasteiger partial charge on any atom is -0.339 e. The Labute approximate surface area is 187 Å². The third-order valence-electron chi connectivity index (χ3n) is 6.49. The number of nitriles is 1. The van der Waals surface area contributed by atoms with Gasteiger partial charge in [0.05, 0.1) is 17.0 Å². The first-order valence-corrected chi connectivity index (χ1v) is 12.7. The zero-order valence-corrected chi connectivity index (χ0v) is 18.7. The molecule has 1 aliphatic carbocycles. The van der Waals surface area contributed by atoms with Crippen molar-refractivity contribution in [2.75, 3.05) is 6.26 Å². The van der Waals surface area contributed by atoms with Gasteiger partial charge in [-0.2, -0.15) is 5.26 Å². The zero-order chi connectivity index (χ0) is 22.9. The molecule has 2 N–H and O–H groups in total. The van der Waals surface area contributed by atoms with E-state index in [0.29, 0.717) is 22.7 Å². The first-order chi connectivity index (χ1) is 15.2. The van der Waals surface area contributed by atoms with E-state index in [-0.39, 0.29) is 29.2 Å². The lowest BCUT2D eigenvalue weighted by Gasteiger charge is -2.42. The van der Waals surface area contributed by atoms with Crippen molar-refractivity contribution in [3.8, 4) is 17.2 Å². The van der Waals surface area contributed by atoms with Gasteiger partial charge in [0.15, 0.2) is 9.84 Å². The van der Waals surface area contributed by atoms with Gasteiger partial charge in [-0.3, -0.25) is 4.79 Å². The number of amides is 1. The maximum Gasteiger partial charge on any atom is 0.238 e. The third kappa shape index (κ3) is 4.84. The van der Waals surface area contributed by atoms with Gasteiger partial charge in [0.1, 0.15) is 11.9 Å². The molecule has 1 saturated carbocycles. The number of nitrogens with zero attached hydrogens (tertiary/aromatic N) is 1. The molecule has 2 bridgehead atoms. The minimum absolute atomic E-state index is 0.0541. The summed E-state index contributed by atoms with van der Waals surface area (Å²) in [6.45, 7) is 0. The van der Waals surface area contributed by atoms with Crippen LogP contribution in [-0.2, 0) is 21.1 Å². The number of halogens is 1. The molecule has 2 aromatic rings. The number of hydrogen-bond acceptors (Lipinski definition) is 5. The van der Waals surface area contributed by atoms with E-state index >= 15 is 0 Å². The largest absolute Gasteiger partial charge is 0.339 e. The first kappa shape index (κ1) is 22.4. The van der Waals surface area contributed by atoms with Crippen LogP contribution in [0.15, 0.2) is 47.4 Å². The Morgan fingerprint density at radius 3 is 2.50 bits per heavy atom. The van der Waals surface area contributed by atoms with Crippen LogP contribution in [0.25, 0.3) is 11.1 Å². The molecule has 1 amide bonds. The number of fused-ring (bicyclic) bond motifs is 3. The van der Waals surface area contributed by atoms with Crippen molar-refractivity contribution in [1.29, 1.82) is 5.26 Å². The van der Waals surface area contributed by atoms with E-state index in [2.05, 4.69) is 16.7 Å². The Hall–Kier alpha value is -2.76. The minimum atomic E-state index is -3.37. The van der Waals surface area contributed by atoms with Gasteiger partial charge in [0.25, 0.3) is 0 Å². The van der Waals surface area contributed by atoms with Crippen molar-refractivity contribution in [1.82, 2.24) is 10.6 Å². The smallest absolute Gasteiger partial charge is 0.238 e. The molecule has 2 aliphatic heterocycles. The van der Waals surface area contributed by atoms with Crippen LogP contribution >= 0.6 is 0 Å². The molecule has 168 valence electrons. The maximum atomic E-state index is 14.8. The Morgan fingerprint density at radius 1 is 1.19 bits per heavy atom. The van der Waals surface area contributed by atoms with E-state index in [0.717, 1.165) is 31.9 Å². The number of piperidine rings is 2. The highest BCUT2D eigenvalue weighted by atomic mass is 32.2. The van der Waals surface area contributed by atoms with E-state index in [9.17, 15) is 22.9 Å². The fraction of sp³-hybridized carbons (Fsp3) is 0.417. The van der Waals surface area contributed by atoms with Crippen molar-refractivity contribution in [2.45, 2.75) is 55.1 Å². The van der Waals surface area contributed by atoms with Gasteiger partial charge < -0.3 is 10.6 Å². The van der Waals surface area contributed by atoms with Crippen LogP contribution in [0.1, 0.15) is 31.2 Å². The number of carbonyl (C=O) groups is 1. The van der Waals surface area contributed by atoms with Gasteiger partial charge >= 0.3 is 0 Å². The molecule has 0 aromatic heterocycles. The van der Waals surface area contributed by atoms with Gasteiger partial charge in [-0.15, -0.1) is 0 Å². The average molecular weight is 456 g/mol. The predicted octanol–water partition coefficient (Wildman–Crippen LogP) is 2.98. The molecule has 3 fully saturated rings. The Balaban J connectivity index is 1.46. The maximum absolute atomic E-state index is 14.8. The van der Waals surface area contributed by atoms with Gasteiger partial charge in [0.2, 0.25) is 5.91 Å². The molecule has 3 aliphatic rings. The van der Waals surface area contributed by atoms with E-state index in [1.54, 1.807) is 24.3 Å². The summed E-state index contributed by atoms with van der Waals surface area (Å²) >= 11 is 0. The highest BCUT2D eigenvalue weighted by Crippen LogP contribution is 2.33. The van der Waals surface area contributed by atoms with Gasteiger partial charge in [0, 0.05) is 18.7 Å². The van der Waals surface area contributed by atoms with Gasteiger partial charge in [-0.25, -0.2) is 12.8 Å². The van der Waals surface area contributed by atoms with E-state index < -0.39 is 21.7 Å². The highest BCUT2D eigenvalue weighted by Gasteiger charge is 2.39. The standard InChI is InChI=1S/C24H26FN3O3S/c1-32(30,31)21-4-2-3-16(12-21)17-5-6-18(22(25)13-17)11-20(14-26)28-24(29)23-15-7-9-19(27-23)10-8-15/h2-6,12-13,15,19-20,23,27H,7-11H2,1H3,(H,28,29)/t15?,19?,20-,23-/m0/s1. The molecule has 2 saturated heterocycles. The van der Waals surface area contributed by atoms with E-state index in [1.165, 1.54) is 18.2 Å². The lowest BCUT2D eigenvalue weighted by molar-refractivity contribution is -0.127. The molecule has 2 atom stereocenters. The first-order valence-electron chi connectivity index (χ1n) is 10.8. The molecule has 0 spiro atoms. The number of sulfone groups is 1. The summed E-state index contributed by atoms with van der Waals surface area (Å²) in [6, 6.07) is 12.2. The van der Waals surface area contributed by atoms with Crippen molar-refractivity contribution in [2.24, 2.45) is 5.92 Å². The van der Waals surface area contributed by atoms with Crippen molar-refractivity contribution < 1.29 is 17.6 Å². The molecule has 32 heavy (non-hydrogen) atoms. The van der Waals surface area contributed by atoms with Crippen molar-refractivity contribution in [3.63, 3.8) is 0 Å². The molecule has 5 rings (SSSR count). The monoisotopic (exact) mass is 455 g/mol. The Bertz CT molecular complexity index is 1170. The molecule has 8 heteroatoms. The Kier molecular flexibility index (Phi) is 6.31. The van der Waals surface area contributed by atoms with Crippen molar-refractivity contribution >= 4 is 15.7 Å². The molecule has 2 aromatic carbocycles. The normalized spacial score (nSPS) is 23.3. The molecular weight excluding hydrogens is 429 g/mol. The summed E-state index contributed by atoms with van der Waals surface area (Å²) in [6.07, 6.45) is 5.38. The second-order valence-corrected chi connectivity index (χ2v) is 10.8. The number of benzene rings is 2. The molecule has 0 unspecified atom stereocenters. The van der Waals surface area contributed by atoms with E-state index in [4.69, 9.17) is 0 Å². The van der Waals surface area contributed by atoms with E-state index in [1.807, 2.05) is 0 Å². The van der Waals surface area contributed by atoms with Crippen LogP contribution in [0.4, 0.5) is 4.39 Å². The fourth-order valence-electron chi connectivity index (χ4n) is 4.71. The average Bonchev–Trinajstić information content (AvgIpc) is 2.80. The SMILES string of the molecule is CS(=O)(=O)c1cccc(-c2ccc(C[C@@H](C#N)NC(=O)[C@H]3NC4CCC3CC4)c(F)c2)c1. The fourth-order valence-corrected chi connectivity index (χ4v) is 5.37.